The minimum Gasteiger partial charge on any atom is -0.454 e. The zero-order valence-electron chi connectivity index (χ0n) is 13.7. The summed E-state index contributed by atoms with van der Waals surface area (Å²) in [6.45, 7) is 3.84. The van der Waals surface area contributed by atoms with E-state index in [1.54, 1.807) is 18.4 Å². The lowest BCUT2D eigenvalue weighted by Crippen LogP contribution is -2.37. The lowest BCUT2D eigenvalue weighted by molar-refractivity contribution is 0.174. The Balaban J connectivity index is 0.00000208. The fraction of sp³-hybridized carbons (Fsp3) is 0.375. The lowest BCUT2D eigenvalue weighted by atomic mass is 10.1. The van der Waals surface area contributed by atoms with Gasteiger partial charge in [0.1, 0.15) is 5.01 Å². The van der Waals surface area contributed by atoms with Gasteiger partial charge < -0.3 is 20.1 Å². The Morgan fingerprint density at radius 1 is 1.29 bits per heavy atom. The molecule has 2 aromatic rings. The topological polar surface area (TPSA) is 67.8 Å². The maximum atomic E-state index is 5.39. The smallest absolute Gasteiger partial charge is 0.231 e. The van der Waals surface area contributed by atoms with Crippen LogP contribution in [0.4, 0.5) is 0 Å². The van der Waals surface area contributed by atoms with Crippen molar-refractivity contribution in [2.75, 3.05) is 20.4 Å². The largest absolute Gasteiger partial charge is 0.454 e. The minimum absolute atomic E-state index is 0. The predicted molar refractivity (Wildman–Crippen MR) is 107 cm³/mol. The molecule has 1 aliphatic heterocycles. The van der Waals surface area contributed by atoms with Crippen LogP contribution < -0.4 is 20.1 Å². The monoisotopic (exact) mass is 460 g/mol. The molecule has 6 nitrogen and oxygen atoms in total. The molecule has 0 atom stereocenters. The van der Waals surface area contributed by atoms with Crippen LogP contribution in [0.25, 0.3) is 0 Å². The first-order valence-corrected chi connectivity index (χ1v) is 8.30. The number of fused-ring (bicyclic) bond motifs is 1. The van der Waals surface area contributed by atoms with Gasteiger partial charge >= 0.3 is 0 Å². The molecule has 8 heteroatoms. The third-order valence-corrected chi connectivity index (χ3v) is 4.36. The molecular weight excluding hydrogens is 439 g/mol. The molecule has 0 fully saturated rings. The number of benzene rings is 1. The molecule has 0 aliphatic carbocycles. The first-order chi connectivity index (χ1) is 11.2. The summed E-state index contributed by atoms with van der Waals surface area (Å²) < 4.78 is 10.7. The molecule has 0 unspecified atom stereocenters. The van der Waals surface area contributed by atoms with Gasteiger partial charge in [-0.2, -0.15) is 0 Å². The van der Waals surface area contributed by atoms with E-state index in [1.165, 1.54) is 10.4 Å². The molecule has 130 valence electrons. The van der Waals surface area contributed by atoms with Crippen molar-refractivity contribution in [1.82, 2.24) is 15.6 Å². The highest BCUT2D eigenvalue weighted by Crippen LogP contribution is 2.32. The number of aryl methyl sites for hydroxylation is 1. The van der Waals surface area contributed by atoms with E-state index in [2.05, 4.69) is 33.6 Å². The Bertz CT molecular complexity index is 705. The molecular formula is C16H21IN4O2S. The summed E-state index contributed by atoms with van der Waals surface area (Å²) in [6, 6.07) is 6.04. The number of aliphatic imine (C=N–C) groups is 1. The molecule has 1 aliphatic rings. The van der Waals surface area contributed by atoms with Gasteiger partial charge in [0.05, 0.1) is 6.54 Å². The fourth-order valence-electron chi connectivity index (χ4n) is 2.28. The third kappa shape index (κ3) is 4.97. The molecule has 2 N–H and O–H groups in total. The second-order valence-corrected chi connectivity index (χ2v) is 6.47. The average molecular weight is 460 g/mol. The first kappa shape index (κ1) is 18.8. The van der Waals surface area contributed by atoms with E-state index in [9.17, 15) is 0 Å². The van der Waals surface area contributed by atoms with Crippen molar-refractivity contribution < 1.29 is 9.47 Å². The van der Waals surface area contributed by atoms with Crippen molar-refractivity contribution in [2.24, 2.45) is 4.99 Å². The quantitative estimate of drug-likeness (QED) is 0.408. The molecule has 0 amide bonds. The Morgan fingerprint density at radius 2 is 2.12 bits per heavy atom. The van der Waals surface area contributed by atoms with Gasteiger partial charge in [0, 0.05) is 24.7 Å². The second-order valence-electron chi connectivity index (χ2n) is 5.15. The zero-order chi connectivity index (χ0) is 16.1. The lowest BCUT2D eigenvalue weighted by Gasteiger charge is -2.11. The Hall–Kier alpha value is -1.55. The van der Waals surface area contributed by atoms with E-state index in [1.807, 2.05) is 18.3 Å². The molecule has 0 bridgehead atoms. The van der Waals surface area contributed by atoms with E-state index >= 15 is 0 Å². The summed E-state index contributed by atoms with van der Waals surface area (Å²) in [5.41, 5.74) is 1.20. The number of rotatable bonds is 5. The van der Waals surface area contributed by atoms with Gasteiger partial charge in [-0.25, -0.2) is 4.98 Å². The second kappa shape index (κ2) is 9.07. The molecule has 3 rings (SSSR count). The Kier molecular flexibility index (Phi) is 7.10. The van der Waals surface area contributed by atoms with Crippen LogP contribution in [-0.2, 0) is 13.0 Å². The van der Waals surface area contributed by atoms with Crippen molar-refractivity contribution in [1.29, 1.82) is 0 Å². The van der Waals surface area contributed by atoms with Crippen LogP contribution in [0.3, 0.4) is 0 Å². The van der Waals surface area contributed by atoms with Gasteiger partial charge in [0.2, 0.25) is 6.79 Å². The van der Waals surface area contributed by atoms with Gasteiger partial charge in [0.15, 0.2) is 17.5 Å². The van der Waals surface area contributed by atoms with Gasteiger partial charge in [-0.15, -0.1) is 35.3 Å². The fourth-order valence-corrected chi connectivity index (χ4v) is 3.01. The number of nitrogens with zero attached hydrogens (tertiary/aromatic N) is 2. The summed E-state index contributed by atoms with van der Waals surface area (Å²) in [5, 5.41) is 7.63. The van der Waals surface area contributed by atoms with Crippen LogP contribution >= 0.6 is 35.3 Å². The maximum absolute atomic E-state index is 5.39. The van der Waals surface area contributed by atoms with Gasteiger partial charge in [-0.05, 0) is 31.0 Å². The van der Waals surface area contributed by atoms with Crippen molar-refractivity contribution in [3.8, 4) is 11.5 Å². The number of guanidine groups is 1. The Labute approximate surface area is 162 Å². The van der Waals surface area contributed by atoms with Crippen molar-refractivity contribution >= 4 is 41.3 Å². The number of nitrogens with one attached hydrogen (secondary N) is 2. The van der Waals surface area contributed by atoms with Gasteiger partial charge in [-0.1, -0.05) is 6.07 Å². The van der Waals surface area contributed by atoms with Crippen molar-refractivity contribution in [2.45, 2.75) is 19.9 Å². The third-order valence-electron chi connectivity index (χ3n) is 3.44. The highest BCUT2D eigenvalue weighted by molar-refractivity contribution is 14.0. The SMILES string of the molecule is CN=C(NCCc1ccc2c(c1)OCO2)NCc1ncc(C)s1.I. The maximum Gasteiger partial charge on any atom is 0.231 e. The summed E-state index contributed by atoms with van der Waals surface area (Å²) in [6.07, 6.45) is 2.77. The van der Waals surface area contributed by atoms with Crippen LogP contribution in [0.2, 0.25) is 0 Å². The van der Waals surface area contributed by atoms with E-state index < -0.39 is 0 Å². The molecule has 1 aromatic heterocycles. The minimum atomic E-state index is 0. The van der Waals surface area contributed by atoms with Crippen molar-refractivity contribution in [3.63, 3.8) is 0 Å². The van der Waals surface area contributed by atoms with E-state index in [0.29, 0.717) is 13.3 Å². The molecule has 1 aromatic carbocycles. The highest BCUT2D eigenvalue weighted by Gasteiger charge is 2.12. The summed E-state index contributed by atoms with van der Waals surface area (Å²) in [5.74, 6) is 2.42. The number of hydrogen-bond acceptors (Lipinski definition) is 5. The molecule has 24 heavy (non-hydrogen) atoms. The van der Waals surface area contributed by atoms with Crippen LogP contribution in [0.5, 0.6) is 11.5 Å². The number of aromatic nitrogens is 1. The van der Waals surface area contributed by atoms with Crippen LogP contribution in [-0.4, -0.2) is 31.3 Å². The Morgan fingerprint density at radius 3 is 2.88 bits per heavy atom. The van der Waals surface area contributed by atoms with Crippen molar-refractivity contribution in [3.05, 3.63) is 39.8 Å². The standard InChI is InChI=1S/C16H20N4O2S.HI/c1-11-8-19-15(23-11)9-20-16(17-2)18-6-5-12-3-4-13-14(7-12)22-10-21-13;/h3-4,7-8H,5-6,9-10H2,1-2H3,(H2,17,18,20);1H. The molecule has 0 saturated heterocycles. The van der Waals surface area contributed by atoms with E-state index in [4.69, 9.17) is 9.47 Å². The molecule has 0 saturated carbocycles. The van der Waals surface area contributed by atoms with Crippen LogP contribution in [0.15, 0.2) is 29.4 Å². The number of halogens is 1. The average Bonchev–Trinajstić information content (AvgIpc) is 3.18. The molecule has 0 spiro atoms. The van der Waals surface area contributed by atoms with E-state index in [0.717, 1.165) is 35.4 Å². The summed E-state index contributed by atoms with van der Waals surface area (Å²) in [7, 11) is 1.77. The highest BCUT2D eigenvalue weighted by atomic mass is 127. The molecule has 2 heterocycles. The number of thiazole rings is 1. The number of ether oxygens (including phenoxy) is 2. The normalized spacial score (nSPS) is 12.7. The van der Waals surface area contributed by atoms with Gasteiger partial charge in [-0.3, -0.25) is 4.99 Å². The van der Waals surface area contributed by atoms with Crippen LogP contribution in [0, 0.1) is 6.92 Å². The molecule has 0 radical (unpaired) electrons. The first-order valence-electron chi connectivity index (χ1n) is 7.49. The summed E-state index contributed by atoms with van der Waals surface area (Å²) in [4.78, 5) is 9.77. The van der Waals surface area contributed by atoms with E-state index in [-0.39, 0.29) is 24.0 Å². The van der Waals surface area contributed by atoms with Gasteiger partial charge in [0.25, 0.3) is 0 Å². The predicted octanol–water partition coefficient (Wildman–Crippen LogP) is 2.71. The zero-order valence-corrected chi connectivity index (χ0v) is 16.8. The van der Waals surface area contributed by atoms with Crippen LogP contribution in [0.1, 0.15) is 15.4 Å². The summed E-state index contributed by atoms with van der Waals surface area (Å²) >= 11 is 1.69. The number of hydrogen-bond donors (Lipinski definition) is 2.